The van der Waals surface area contributed by atoms with E-state index in [1.165, 1.54) is 40.2 Å². The molecule has 1 saturated heterocycles. The van der Waals surface area contributed by atoms with Gasteiger partial charge in [0, 0.05) is 50.9 Å². The number of nitro groups is 1. The maximum Gasteiger partial charge on any atom is 0.269 e. The highest BCUT2D eigenvalue weighted by molar-refractivity contribution is 7.99. The van der Waals surface area contributed by atoms with E-state index in [0.717, 1.165) is 26.9 Å². The number of pyridine rings is 1. The Morgan fingerprint density at radius 1 is 0.907 bits per heavy atom. The Morgan fingerprint density at radius 2 is 1.60 bits per heavy atom. The molecule has 0 unspecified atom stereocenters. The molecular weight excluding hydrogens is 575 g/mol. The fourth-order valence-corrected chi connectivity index (χ4v) is 6.98. The van der Waals surface area contributed by atoms with Crippen molar-refractivity contribution in [2.45, 2.75) is 49.6 Å². The first-order chi connectivity index (χ1) is 20.7. The van der Waals surface area contributed by atoms with Crippen LogP contribution in [0.5, 0.6) is 0 Å². The predicted octanol–water partition coefficient (Wildman–Crippen LogP) is 8.34. The number of nitro benzene ring substituents is 1. The zero-order valence-corrected chi connectivity index (χ0v) is 25.9. The lowest BCUT2D eigenvalue weighted by Crippen LogP contribution is -2.29. The topological polar surface area (TPSA) is 76.2 Å². The van der Waals surface area contributed by atoms with E-state index in [1.54, 1.807) is 23.9 Å². The van der Waals surface area contributed by atoms with Gasteiger partial charge in [-0.15, -0.1) is 0 Å². The van der Waals surface area contributed by atoms with Crippen LogP contribution in [0.2, 0.25) is 0 Å². The van der Waals surface area contributed by atoms with Gasteiger partial charge in [0.2, 0.25) is 0 Å². The minimum atomic E-state index is -0.385. The second kappa shape index (κ2) is 11.7. The van der Waals surface area contributed by atoms with E-state index in [-0.39, 0.29) is 22.7 Å². The molecule has 6 rings (SSSR count). The van der Waals surface area contributed by atoms with Crippen LogP contribution in [0.4, 0.5) is 11.4 Å². The number of hydrogen-bond donors (Lipinski definition) is 1. The van der Waals surface area contributed by atoms with E-state index in [1.807, 2.05) is 24.4 Å². The summed E-state index contributed by atoms with van der Waals surface area (Å²) in [6.45, 7) is 8.62. The Kier molecular flexibility index (Phi) is 7.77. The average Bonchev–Trinajstić information content (AvgIpc) is 3.50. The van der Waals surface area contributed by atoms with Crippen LogP contribution in [0.1, 0.15) is 45.9 Å². The Bertz CT molecular complexity index is 1820. The average molecular weight is 606 g/mol. The highest BCUT2D eigenvalue weighted by Crippen LogP contribution is 2.44. The zero-order chi connectivity index (χ0) is 30.2. The van der Waals surface area contributed by atoms with E-state index in [0.29, 0.717) is 5.11 Å². The van der Waals surface area contributed by atoms with E-state index in [2.05, 4.69) is 91.0 Å². The number of nitrogens with one attached hydrogen (secondary N) is 1. The van der Waals surface area contributed by atoms with Gasteiger partial charge in [-0.3, -0.25) is 15.1 Å². The van der Waals surface area contributed by atoms with Crippen LogP contribution in [-0.2, 0) is 0 Å². The van der Waals surface area contributed by atoms with Gasteiger partial charge in [0.05, 0.1) is 22.7 Å². The quantitative estimate of drug-likeness (QED) is 0.114. The molecular formula is C34H31N5O2S2. The number of thiocarbonyl (C=S) groups is 1. The summed E-state index contributed by atoms with van der Waals surface area (Å²) in [5, 5.41) is 15.2. The Morgan fingerprint density at radius 3 is 2.26 bits per heavy atom. The van der Waals surface area contributed by atoms with Crippen molar-refractivity contribution in [2.24, 2.45) is 0 Å². The van der Waals surface area contributed by atoms with Crippen molar-refractivity contribution in [1.29, 1.82) is 0 Å². The highest BCUT2D eigenvalue weighted by Gasteiger charge is 2.42. The van der Waals surface area contributed by atoms with Gasteiger partial charge in [0.15, 0.2) is 5.11 Å². The molecule has 0 aliphatic carbocycles. The second-order valence-electron chi connectivity index (χ2n) is 10.8. The van der Waals surface area contributed by atoms with Gasteiger partial charge in [-0.2, -0.15) is 0 Å². The normalized spacial score (nSPS) is 16.4. The number of aryl methyl sites for hydroxylation is 3. The molecule has 1 aliphatic rings. The van der Waals surface area contributed by atoms with Crippen molar-refractivity contribution in [3.8, 4) is 5.69 Å². The summed E-state index contributed by atoms with van der Waals surface area (Å²) in [6, 6.07) is 29.5. The van der Waals surface area contributed by atoms with Crippen LogP contribution < -0.4 is 10.2 Å². The molecule has 3 aromatic carbocycles. The summed E-state index contributed by atoms with van der Waals surface area (Å²) in [6.07, 6.45) is 1.82. The summed E-state index contributed by atoms with van der Waals surface area (Å²) in [7, 11) is 0. The highest BCUT2D eigenvalue weighted by atomic mass is 32.2. The third-order valence-electron chi connectivity index (χ3n) is 7.89. The number of anilines is 1. The van der Waals surface area contributed by atoms with Gasteiger partial charge in [0.25, 0.3) is 5.69 Å². The molecule has 1 fully saturated rings. The molecule has 43 heavy (non-hydrogen) atoms. The molecule has 7 nitrogen and oxygen atoms in total. The minimum absolute atomic E-state index is 0.0835. The first-order valence-corrected chi connectivity index (χ1v) is 15.2. The Labute approximate surface area is 260 Å². The molecule has 0 amide bonds. The maximum atomic E-state index is 11.0. The molecule has 9 heteroatoms. The van der Waals surface area contributed by atoms with E-state index in [9.17, 15) is 10.1 Å². The smallest absolute Gasteiger partial charge is 0.269 e. The number of rotatable bonds is 7. The Balaban J connectivity index is 1.39. The molecule has 5 aromatic rings. The fraction of sp³-hybridized carbons (Fsp3) is 0.176. The van der Waals surface area contributed by atoms with Gasteiger partial charge in [-0.25, -0.2) is 0 Å². The maximum absolute atomic E-state index is 11.0. The lowest BCUT2D eigenvalue weighted by atomic mass is 9.96. The summed E-state index contributed by atoms with van der Waals surface area (Å²) in [4.78, 5) is 19.5. The largest absolute Gasteiger partial charge is 0.351 e. The van der Waals surface area contributed by atoms with Crippen LogP contribution in [0, 0.1) is 37.8 Å². The molecule has 2 aromatic heterocycles. The first-order valence-electron chi connectivity index (χ1n) is 14.0. The summed E-state index contributed by atoms with van der Waals surface area (Å²) < 4.78 is 2.34. The second-order valence-corrected chi connectivity index (χ2v) is 12.3. The molecule has 0 radical (unpaired) electrons. The van der Waals surface area contributed by atoms with Crippen molar-refractivity contribution in [2.75, 3.05) is 4.90 Å². The van der Waals surface area contributed by atoms with Crippen LogP contribution in [0.25, 0.3) is 5.69 Å². The molecule has 1 N–H and O–H groups in total. The number of aromatic nitrogens is 2. The van der Waals surface area contributed by atoms with Gasteiger partial charge in [0.1, 0.15) is 0 Å². The lowest BCUT2D eigenvalue weighted by Gasteiger charge is -2.28. The van der Waals surface area contributed by atoms with Crippen LogP contribution in [-0.4, -0.2) is 19.6 Å². The number of hydrogen-bond acceptors (Lipinski definition) is 5. The predicted molar refractivity (Wildman–Crippen MR) is 176 cm³/mol. The van der Waals surface area contributed by atoms with Gasteiger partial charge in [-0.05, 0) is 117 Å². The standard InChI is InChI=1S/C34H31N5O2S2/c1-21-8-9-22(2)31(19-21)37-23(3)20-29(24(37)4)33-32(30-7-5-6-18-35-30)36-34(42)38(33)25-10-14-27(15-11-25)43-28-16-12-26(13-17-28)39(40)41/h5-20,32-33H,1-4H3,(H,36,42)/t32-,33+/m0/s1. The Hall–Kier alpha value is -4.47. The van der Waals surface area contributed by atoms with E-state index in [4.69, 9.17) is 17.2 Å². The zero-order valence-electron chi connectivity index (χ0n) is 24.3. The minimum Gasteiger partial charge on any atom is -0.351 e. The summed E-state index contributed by atoms with van der Waals surface area (Å²) in [5.41, 5.74) is 9.13. The third kappa shape index (κ3) is 5.53. The lowest BCUT2D eigenvalue weighted by molar-refractivity contribution is -0.384. The van der Waals surface area contributed by atoms with E-state index >= 15 is 0 Å². The molecule has 0 spiro atoms. The summed E-state index contributed by atoms with van der Waals surface area (Å²) >= 11 is 7.54. The van der Waals surface area contributed by atoms with Crippen molar-refractivity contribution >= 4 is 40.5 Å². The molecule has 3 heterocycles. The van der Waals surface area contributed by atoms with Gasteiger partial charge >= 0.3 is 0 Å². The van der Waals surface area contributed by atoms with Gasteiger partial charge in [-0.1, -0.05) is 30.0 Å². The van der Waals surface area contributed by atoms with Crippen LogP contribution in [0.15, 0.2) is 107 Å². The van der Waals surface area contributed by atoms with Crippen molar-refractivity contribution in [3.05, 3.63) is 141 Å². The van der Waals surface area contributed by atoms with E-state index < -0.39 is 0 Å². The van der Waals surface area contributed by atoms with Crippen LogP contribution in [0.3, 0.4) is 0 Å². The fourth-order valence-electron chi connectivity index (χ4n) is 5.81. The molecule has 0 bridgehead atoms. The summed E-state index contributed by atoms with van der Waals surface area (Å²) in [5.74, 6) is 0. The van der Waals surface area contributed by atoms with Crippen LogP contribution >= 0.6 is 24.0 Å². The van der Waals surface area contributed by atoms with Crippen molar-refractivity contribution < 1.29 is 4.92 Å². The van der Waals surface area contributed by atoms with Gasteiger partial charge < -0.3 is 14.8 Å². The molecule has 2 atom stereocenters. The molecule has 0 saturated carbocycles. The monoisotopic (exact) mass is 605 g/mol. The third-order valence-corrected chi connectivity index (χ3v) is 9.22. The molecule has 1 aliphatic heterocycles. The van der Waals surface area contributed by atoms with Crippen molar-refractivity contribution in [1.82, 2.24) is 14.9 Å². The van der Waals surface area contributed by atoms with Crippen molar-refractivity contribution in [3.63, 3.8) is 0 Å². The molecule has 216 valence electrons. The SMILES string of the molecule is Cc1ccc(C)c(-n2c(C)cc([C@@H]3[C@H](c4ccccn4)NC(=S)N3c3ccc(Sc4ccc([N+](=O)[O-])cc4)cc3)c2C)c1. The first kappa shape index (κ1) is 28.6. The number of nitrogens with zero attached hydrogens (tertiary/aromatic N) is 4. The number of benzene rings is 3. The number of non-ortho nitro benzene ring substituents is 1.